The zero-order chi connectivity index (χ0) is 15.3. The largest absolute Gasteiger partial charge is 0.369 e. The van der Waals surface area contributed by atoms with E-state index >= 15 is 0 Å². The minimum Gasteiger partial charge on any atom is -0.369 e. The second-order valence-electron chi connectivity index (χ2n) is 7.02. The first kappa shape index (κ1) is 15.1. The molecule has 1 unspecified atom stereocenters. The first-order chi connectivity index (χ1) is 9.04. The Morgan fingerprint density at radius 2 is 1.60 bits per heavy atom. The summed E-state index contributed by atoms with van der Waals surface area (Å²) in [4.78, 5) is 12.5. The molecular weight excluding hydrogens is 254 g/mol. The highest BCUT2D eigenvalue weighted by Crippen LogP contribution is 2.39. The predicted molar refractivity (Wildman–Crippen MR) is 82.0 cm³/mol. The van der Waals surface area contributed by atoms with Gasteiger partial charge in [0.05, 0.1) is 0 Å². The number of likely N-dealkylation sites (tertiary alicyclic amines) is 1. The summed E-state index contributed by atoms with van der Waals surface area (Å²) in [6, 6.07) is 0.201. The van der Waals surface area contributed by atoms with Crippen molar-refractivity contribution in [2.24, 2.45) is 27.2 Å². The first-order valence-corrected chi connectivity index (χ1v) is 7.00. The van der Waals surface area contributed by atoms with Crippen molar-refractivity contribution in [1.82, 2.24) is 9.80 Å². The molecule has 1 saturated heterocycles. The molecule has 1 fully saturated rings. The van der Waals surface area contributed by atoms with Crippen LogP contribution in [0.2, 0.25) is 0 Å². The van der Waals surface area contributed by atoms with Gasteiger partial charge in [-0.3, -0.25) is 10.6 Å². The monoisotopic (exact) mass is 281 g/mol. The van der Waals surface area contributed by atoms with Gasteiger partial charge < -0.3 is 16.4 Å². The van der Waals surface area contributed by atoms with Crippen LogP contribution >= 0.6 is 0 Å². The first-order valence-electron chi connectivity index (χ1n) is 7.00. The average Bonchev–Trinajstić information content (AvgIpc) is 2.23. The molecule has 0 bridgehead atoms. The van der Waals surface area contributed by atoms with E-state index in [9.17, 15) is 0 Å². The van der Waals surface area contributed by atoms with Crippen molar-refractivity contribution in [2.45, 2.75) is 63.9 Å². The highest BCUT2D eigenvalue weighted by Gasteiger charge is 2.46. The molecule has 0 saturated carbocycles. The summed E-state index contributed by atoms with van der Waals surface area (Å²) in [5.74, 6) is 0.517. The summed E-state index contributed by atoms with van der Waals surface area (Å²) >= 11 is 0. The van der Waals surface area contributed by atoms with E-state index in [2.05, 4.69) is 49.6 Å². The fraction of sp³-hybridized carbons (Fsp3) is 0.846. The minimum atomic E-state index is -0.549. The lowest BCUT2D eigenvalue weighted by atomic mass is 9.77. The third kappa shape index (κ3) is 2.47. The Bertz CT molecular complexity index is 434. The summed E-state index contributed by atoms with van der Waals surface area (Å²) < 4.78 is 0. The van der Waals surface area contributed by atoms with Crippen LogP contribution in [-0.2, 0) is 0 Å². The van der Waals surface area contributed by atoms with E-state index in [0.717, 1.165) is 12.8 Å². The summed E-state index contributed by atoms with van der Waals surface area (Å²) in [7, 11) is 2.17. The summed E-state index contributed by atoms with van der Waals surface area (Å²) in [6.07, 6.45) is 1.35. The zero-order valence-corrected chi connectivity index (χ0v) is 13.1. The third-order valence-corrected chi connectivity index (χ3v) is 4.72. The lowest BCUT2D eigenvalue weighted by molar-refractivity contribution is -0.0401. The quantitative estimate of drug-likeness (QED) is 0.618. The van der Waals surface area contributed by atoms with Crippen LogP contribution in [0.15, 0.2) is 9.98 Å². The molecule has 2 aliphatic rings. The van der Waals surface area contributed by atoms with Gasteiger partial charge in [-0.05, 0) is 47.6 Å². The Morgan fingerprint density at radius 1 is 1.10 bits per heavy atom. The normalized spacial score (nSPS) is 30.9. The van der Waals surface area contributed by atoms with Crippen LogP contribution in [-0.4, -0.2) is 52.2 Å². The Morgan fingerprint density at radius 3 is 2.05 bits per heavy atom. The molecular formula is C13H27N7. The number of aliphatic imine (C=N–C) groups is 2. The standard InChI is InChI=1S/C13H27N7/c1-12(2)6-8(7-13(3,4)19(12)5)20-10(15)17-9(14)18-11(20)16/h8,10H,6-7,15H2,1-5H3,(H4,14,16,17,18). The second-order valence-corrected chi connectivity index (χ2v) is 7.02. The molecule has 0 radical (unpaired) electrons. The topological polar surface area (TPSA) is 109 Å². The number of nitrogens with two attached hydrogens (primary N) is 3. The molecule has 114 valence electrons. The van der Waals surface area contributed by atoms with E-state index in [0.29, 0.717) is 5.96 Å². The van der Waals surface area contributed by atoms with Crippen LogP contribution < -0.4 is 17.2 Å². The van der Waals surface area contributed by atoms with E-state index in [1.807, 2.05) is 4.90 Å². The number of hydrogen-bond donors (Lipinski definition) is 3. The molecule has 7 nitrogen and oxygen atoms in total. The van der Waals surface area contributed by atoms with Gasteiger partial charge in [0, 0.05) is 17.1 Å². The highest BCUT2D eigenvalue weighted by molar-refractivity contribution is 5.95. The predicted octanol–water partition coefficient (Wildman–Crippen LogP) is -0.175. The number of piperidine rings is 1. The molecule has 7 heteroatoms. The van der Waals surface area contributed by atoms with Gasteiger partial charge in [0.2, 0.25) is 11.9 Å². The summed E-state index contributed by atoms with van der Waals surface area (Å²) in [6.45, 7) is 8.95. The van der Waals surface area contributed by atoms with E-state index in [-0.39, 0.29) is 23.1 Å². The van der Waals surface area contributed by atoms with Gasteiger partial charge >= 0.3 is 0 Å². The molecule has 2 aliphatic heterocycles. The lowest BCUT2D eigenvalue weighted by Gasteiger charge is -2.56. The van der Waals surface area contributed by atoms with Crippen molar-refractivity contribution in [3.63, 3.8) is 0 Å². The molecule has 0 aromatic rings. The lowest BCUT2D eigenvalue weighted by Crippen LogP contribution is -2.66. The fourth-order valence-corrected chi connectivity index (χ4v) is 3.46. The minimum absolute atomic E-state index is 0.0547. The average molecular weight is 281 g/mol. The maximum absolute atomic E-state index is 6.09. The van der Waals surface area contributed by atoms with Gasteiger partial charge in [-0.25, -0.2) is 4.99 Å². The van der Waals surface area contributed by atoms with Crippen LogP contribution in [0.3, 0.4) is 0 Å². The third-order valence-electron chi connectivity index (χ3n) is 4.72. The van der Waals surface area contributed by atoms with Crippen molar-refractivity contribution in [3.05, 3.63) is 0 Å². The Labute approximate surface area is 120 Å². The maximum Gasteiger partial charge on any atom is 0.221 e. The molecule has 0 spiro atoms. The molecule has 1 atom stereocenters. The number of rotatable bonds is 1. The molecule has 0 amide bonds. The smallest absolute Gasteiger partial charge is 0.221 e. The summed E-state index contributed by atoms with van der Waals surface area (Å²) in [5.41, 5.74) is 17.8. The second kappa shape index (κ2) is 4.60. The van der Waals surface area contributed by atoms with Gasteiger partial charge in [0.15, 0.2) is 6.29 Å². The number of nitrogens with zero attached hydrogens (tertiary/aromatic N) is 4. The molecule has 6 N–H and O–H groups in total. The van der Waals surface area contributed by atoms with Crippen molar-refractivity contribution in [2.75, 3.05) is 7.05 Å². The van der Waals surface area contributed by atoms with E-state index in [4.69, 9.17) is 17.2 Å². The van der Waals surface area contributed by atoms with Crippen LogP contribution in [0.5, 0.6) is 0 Å². The highest BCUT2D eigenvalue weighted by atomic mass is 15.4. The van der Waals surface area contributed by atoms with Gasteiger partial charge in [-0.2, -0.15) is 4.99 Å². The molecule has 0 aromatic heterocycles. The maximum atomic E-state index is 6.09. The van der Waals surface area contributed by atoms with Crippen LogP contribution in [0.25, 0.3) is 0 Å². The van der Waals surface area contributed by atoms with Gasteiger partial charge in [0.1, 0.15) is 0 Å². The van der Waals surface area contributed by atoms with E-state index < -0.39 is 6.29 Å². The van der Waals surface area contributed by atoms with E-state index in [1.165, 1.54) is 0 Å². The summed E-state index contributed by atoms with van der Waals surface area (Å²) in [5, 5.41) is 0. The SMILES string of the molecule is CN1C(C)(C)CC(N2C(N)=NC(N)=NC2N)CC1(C)C. The Balaban J connectivity index is 2.28. The van der Waals surface area contributed by atoms with Crippen molar-refractivity contribution in [3.8, 4) is 0 Å². The van der Waals surface area contributed by atoms with Gasteiger partial charge in [0.25, 0.3) is 0 Å². The van der Waals surface area contributed by atoms with E-state index in [1.54, 1.807) is 0 Å². The van der Waals surface area contributed by atoms with Crippen LogP contribution in [0.1, 0.15) is 40.5 Å². The number of hydrogen-bond acceptors (Lipinski definition) is 7. The zero-order valence-electron chi connectivity index (χ0n) is 13.1. The van der Waals surface area contributed by atoms with Crippen LogP contribution in [0, 0.1) is 0 Å². The van der Waals surface area contributed by atoms with Crippen molar-refractivity contribution < 1.29 is 0 Å². The fourth-order valence-electron chi connectivity index (χ4n) is 3.46. The molecule has 2 heterocycles. The van der Waals surface area contributed by atoms with Crippen molar-refractivity contribution >= 4 is 11.9 Å². The van der Waals surface area contributed by atoms with Crippen molar-refractivity contribution in [1.29, 1.82) is 0 Å². The van der Waals surface area contributed by atoms with Gasteiger partial charge in [-0.15, -0.1) is 0 Å². The number of guanidine groups is 2. The Hall–Kier alpha value is -1.34. The molecule has 0 aliphatic carbocycles. The van der Waals surface area contributed by atoms with Gasteiger partial charge in [-0.1, -0.05) is 0 Å². The molecule has 2 rings (SSSR count). The Kier molecular flexibility index (Phi) is 3.46. The molecule has 20 heavy (non-hydrogen) atoms. The molecule has 0 aromatic carbocycles. The van der Waals surface area contributed by atoms with Crippen LogP contribution in [0.4, 0.5) is 0 Å².